The van der Waals surface area contributed by atoms with Gasteiger partial charge in [0.05, 0.1) is 19.8 Å². The maximum absolute atomic E-state index is 12.9. The van der Waals surface area contributed by atoms with E-state index in [4.69, 9.17) is 23.3 Å². The Morgan fingerprint density at radius 3 is 1.11 bits per heavy atom. The second kappa shape index (κ2) is 57.1. The third kappa shape index (κ3) is 54.7. The molecule has 0 rings (SSSR count). The summed E-state index contributed by atoms with van der Waals surface area (Å²) >= 11 is 0. The van der Waals surface area contributed by atoms with Crippen molar-refractivity contribution >= 4 is 25.7 Å². The number of rotatable bonds is 53. The molecular weight excluding hydrogens is 976 g/mol. The van der Waals surface area contributed by atoms with Crippen molar-refractivity contribution in [2.45, 2.75) is 238 Å². The van der Waals surface area contributed by atoms with Crippen molar-refractivity contribution in [3.05, 3.63) is 122 Å². The molecule has 11 nitrogen and oxygen atoms in total. The van der Waals surface area contributed by atoms with E-state index in [9.17, 15) is 28.9 Å². The van der Waals surface area contributed by atoms with Gasteiger partial charge in [-0.25, -0.2) is 4.57 Å². The van der Waals surface area contributed by atoms with E-state index in [1.165, 1.54) is 70.6 Å². The second-order valence-electron chi connectivity index (χ2n) is 19.0. The molecule has 12 heteroatoms. The van der Waals surface area contributed by atoms with Gasteiger partial charge >= 0.3 is 25.7 Å². The van der Waals surface area contributed by atoms with Gasteiger partial charge < -0.3 is 24.2 Å². The molecule has 3 atom stereocenters. The number of aliphatic hydroxyl groups excluding tert-OH is 1. The number of aliphatic hydroxyl groups is 1. The van der Waals surface area contributed by atoms with Gasteiger partial charge in [-0.15, -0.1) is 0 Å². The van der Waals surface area contributed by atoms with Crippen molar-refractivity contribution in [2.24, 2.45) is 0 Å². The average molecular weight is 1080 g/mol. The lowest BCUT2D eigenvalue weighted by molar-refractivity contribution is -0.161. The highest BCUT2D eigenvalue weighted by Gasteiger charge is 2.28. The fourth-order valence-corrected chi connectivity index (χ4v) is 8.27. The van der Waals surface area contributed by atoms with Crippen LogP contribution in [0.5, 0.6) is 0 Å². The van der Waals surface area contributed by atoms with Crippen LogP contribution in [0.2, 0.25) is 0 Å². The van der Waals surface area contributed by atoms with Crippen molar-refractivity contribution in [3.8, 4) is 0 Å². The Balaban J connectivity index is 4.87. The van der Waals surface area contributed by atoms with Gasteiger partial charge in [-0.05, 0) is 96.3 Å². The molecule has 0 radical (unpaired) electrons. The number of phosphoric acid groups is 1. The first-order valence-corrected chi connectivity index (χ1v) is 30.9. The fraction of sp³-hybridized carbons (Fsp3) is 0.641. The quantitative estimate of drug-likeness (QED) is 0.0197. The highest BCUT2D eigenvalue weighted by molar-refractivity contribution is 7.47. The summed E-state index contributed by atoms with van der Waals surface area (Å²) in [5, 5.41) is 9.82. The van der Waals surface area contributed by atoms with Crippen LogP contribution in [0.4, 0.5) is 0 Å². The molecule has 0 heterocycles. The lowest BCUT2D eigenvalue weighted by Gasteiger charge is -2.21. The lowest BCUT2D eigenvalue weighted by Crippen LogP contribution is -2.30. The zero-order chi connectivity index (χ0) is 55.5. The van der Waals surface area contributed by atoms with Crippen molar-refractivity contribution in [1.82, 2.24) is 0 Å². The van der Waals surface area contributed by atoms with Gasteiger partial charge in [0.25, 0.3) is 0 Å². The summed E-state index contributed by atoms with van der Waals surface area (Å²) in [7, 11) is -4.78. The predicted octanol–water partition coefficient (Wildman–Crippen LogP) is 17.6. The number of carbonyl (C=O) groups excluding carboxylic acids is 3. The number of ether oxygens (including phenoxy) is 3. The Labute approximate surface area is 462 Å². The molecule has 2 N–H and O–H groups in total. The fourth-order valence-electron chi connectivity index (χ4n) is 7.49. The summed E-state index contributed by atoms with van der Waals surface area (Å²) < 4.78 is 39.4. The average Bonchev–Trinajstić information content (AvgIpc) is 3.41. The van der Waals surface area contributed by atoms with Gasteiger partial charge in [-0.2, -0.15) is 0 Å². The first-order valence-electron chi connectivity index (χ1n) is 29.4. The number of hydrogen-bond donors (Lipinski definition) is 2. The standard InChI is InChI=1S/C64H105O11P/c1-4-7-10-13-16-19-22-25-28-29-30-31-34-35-38-41-44-47-50-53-62(66)71-57-61(75-64(68)55-52-49-46-43-40-37-33-27-24-21-18-15-12-9-6-3)59-73-76(69,70)72-58-60(56-65)74-63(67)54-51-48-45-42-39-36-32-26-23-20-17-14-11-8-5-2/h7,9-10,12,16,18-19,21,25,27-28,30-31,33,35,38,40,43-44,47,60-61,65H,4-6,8,11,13-15,17,20,22-24,26,29,32,34,36-37,39,41-42,45-46,48-59H2,1-3H3,(H,69,70)/b10-7-,12-9-,19-16-,21-18-,28-25-,31-30-,33-27-,38-35-,43-40-,47-44-. The highest BCUT2D eigenvalue weighted by atomic mass is 31.2. The molecule has 0 aromatic carbocycles. The topological polar surface area (TPSA) is 155 Å². The van der Waals surface area contributed by atoms with Gasteiger partial charge in [-0.1, -0.05) is 232 Å². The van der Waals surface area contributed by atoms with Crippen molar-refractivity contribution in [2.75, 3.05) is 26.4 Å². The minimum Gasteiger partial charge on any atom is -0.462 e. The Kier molecular flexibility index (Phi) is 54.0. The maximum Gasteiger partial charge on any atom is 0.472 e. The molecule has 0 aromatic heterocycles. The first kappa shape index (κ1) is 71.9. The van der Waals surface area contributed by atoms with Gasteiger partial charge in [0.1, 0.15) is 12.7 Å². The molecule has 0 aliphatic rings. The molecule has 0 fully saturated rings. The molecule has 0 saturated carbocycles. The minimum atomic E-state index is -4.78. The van der Waals surface area contributed by atoms with E-state index in [0.717, 1.165) is 96.3 Å². The molecule has 0 aromatic rings. The van der Waals surface area contributed by atoms with Crippen LogP contribution in [0.15, 0.2) is 122 Å². The molecule has 432 valence electrons. The van der Waals surface area contributed by atoms with Crippen molar-refractivity contribution in [1.29, 1.82) is 0 Å². The maximum atomic E-state index is 12.9. The summed E-state index contributed by atoms with van der Waals surface area (Å²) in [4.78, 5) is 48.5. The number of hydrogen-bond acceptors (Lipinski definition) is 10. The molecule has 0 bridgehead atoms. The Bertz CT molecular complexity index is 1740. The number of esters is 3. The van der Waals surface area contributed by atoms with E-state index in [1.807, 2.05) is 12.2 Å². The summed E-state index contributed by atoms with van der Waals surface area (Å²) in [6, 6.07) is 0. The highest BCUT2D eigenvalue weighted by Crippen LogP contribution is 2.43. The van der Waals surface area contributed by atoms with Crippen LogP contribution in [-0.4, -0.2) is 66.5 Å². The lowest BCUT2D eigenvalue weighted by atomic mass is 10.0. The van der Waals surface area contributed by atoms with Crippen LogP contribution in [0, 0.1) is 0 Å². The van der Waals surface area contributed by atoms with E-state index in [0.29, 0.717) is 19.3 Å². The molecule has 0 aliphatic heterocycles. The molecule has 76 heavy (non-hydrogen) atoms. The Morgan fingerprint density at radius 2 is 0.711 bits per heavy atom. The van der Waals surface area contributed by atoms with Crippen molar-refractivity contribution < 1.29 is 52.2 Å². The van der Waals surface area contributed by atoms with E-state index in [1.54, 1.807) is 0 Å². The summed E-state index contributed by atoms with van der Waals surface area (Å²) in [6.07, 6.45) is 70.3. The van der Waals surface area contributed by atoms with E-state index < -0.39 is 64.4 Å². The summed E-state index contributed by atoms with van der Waals surface area (Å²) in [5.41, 5.74) is 0. The van der Waals surface area contributed by atoms with Gasteiger partial charge in [0.15, 0.2) is 6.10 Å². The van der Waals surface area contributed by atoms with Crippen molar-refractivity contribution in [3.63, 3.8) is 0 Å². The SMILES string of the molecule is CC/C=C\C/C=C\C/C=C\C/C=C\C/C=C\C/C=C\CCC(=O)OCC(COP(=O)(O)OCC(CO)OC(=O)CCCCCCCCCCCCCCCCC)OC(=O)CCCC/C=C\C/C=C\C/C=C\C/C=C\CC. The van der Waals surface area contributed by atoms with Crippen LogP contribution in [0.3, 0.4) is 0 Å². The van der Waals surface area contributed by atoms with Crippen LogP contribution < -0.4 is 0 Å². The third-order valence-corrected chi connectivity index (χ3v) is 12.8. The van der Waals surface area contributed by atoms with Gasteiger partial charge in [0, 0.05) is 19.3 Å². The third-order valence-electron chi connectivity index (χ3n) is 11.9. The molecule has 0 amide bonds. The molecule has 0 saturated heterocycles. The molecule has 0 spiro atoms. The molecular formula is C64H105O11P. The second-order valence-corrected chi connectivity index (χ2v) is 20.5. The Morgan fingerprint density at radius 1 is 0.382 bits per heavy atom. The minimum absolute atomic E-state index is 0.0866. The normalized spacial score (nSPS) is 14.2. The number of carbonyl (C=O) groups is 3. The van der Waals surface area contributed by atoms with E-state index in [-0.39, 0.29) is 19.3 Å². The number of allylic oxidation sites excluding steroid dienone is 20. The summed E-state index contributed by atoms with van der Waals surface area (Å²) in [5.74, 6) is -1.62. The largest absolute Gasteiger partial charge is 0.472 e. The van der Waals surface area contributed by atoms with Crippen LogP contribution in [0.25, 0.3) is 0 Å². The van der Waals surface area contributed by atoms with E-state index >= 15 is 0 Å². The smallest absolute Gasteiger partial charge is 0.462 e. The number of phosphoric ester groups is 1. The van der Waals surface area contributed by atoms with Gasteiger partial charge in [-0.3, -0.25) is 23.4 Å². The van der Waals surface area contributed by atoms with Crippen LogP contribution >= 0.6 is 7.82 Å². The zero-order valence-electron chi connectivity index (χ0n) is 47.7. The Hall–Kier alpha value is -4.12. The van der Waals surface area contributed by atoms with Gasteiger partial charge in [0.2, 0.25) is 0 Å². The molecule has 0 aliphatic carbocycles. The van der Waals surface area contributed by atoms with E-state index in [2.05, 4.69) is 130 Å². The zero-order valence-corrected chi connectivity index (χ0v) is 48.6. The monoisotopic (exact) mass is 1080 g/mol. The summed E-state index contributed by atoms with van der Waals surface area (Å²) in [6.45, 7) is 4.28. The van der Waals surface area contributed by atoms with Crippen LogP contribution in [0.1, 0.15) is 226 Å². The predicted molar refractivity (Wildman–Crippen MR) is 316 cm³/mol. The van der Waals surface area contributed by atoms with Crippen LogP contribution in [-0.2, 0) is 42.2 Å². The molecule has 3 unspecified atom stereocenters. The first-order chi connectivity index (χ1) is 37.2. The number of unbranched alkanes of at least 4 members (excludes halogenated alkanes) is 16.